The number of hydrogen-bond acceptors (Lipinski definition) is 3. The number of rotatable bonds is 3. The van der Waals surface area contributed by atoms with Crippen LogP contribution in [0, 0.1) is 0 Å². The number of fused-ring (bicyclic) bond motifs is 2. The van der Waals surface area contributed by atoms with E-state index in [9.17, 15) is 9.59 Å². The fraction of sp³-hybridized carbons (Fsp3) is 0.200. The Labute approximate surface area is 145 Å². The molecule has 4 rings (SSSR count). The summed E-state index contributed by atoms with van der Waals surface area (Å²) < 4.78 is 5.27. The van der Waals surface area contributed by atoms with Crippen LogP contribution in [0.2, 0.25) is 0 Å². The highest BCUT2D eigenvalue weighted by Crippen LogP contribution is 2.26. The molecule has 0 aliphatic carbocycles. The first kappa shape index (κ1) is 15.4. The molecule has 5 heteroatoms. The minimum Gasteiger partial charge on any atom is -0.452 e. The Morgan fingerprint density at radius 3 is 2.80 bits per heavy atom. The summed E-state index contributed by atoms with van der Waals surface area (Å²) in [6, 6.07) is 15.4. The Morgan fingerprint density at radius 1 is 1.08 bits per heavy atom. The molecule has 0 saturated heterocycles. The van der Waals surface area contributed by atoms with Crippen LogP contribution in [0.15, 0.2) is 54.7 Å². The number of carbonyl (C=O) groups is 2. The normalized spacial score (nSPS) is 13.5. The van der Waals surface area contributed by atoms with Crippen LogP contribution in [-0.4, -0.2) is 30.0 Å². The van der Waals surface area contributed by atoms with Gasteiger partial charge < -0.3 is 14.6 Å². The monoisotopic (exact) mass is 334 g/mol. The zero-order chi connectivity index (χ0) is 17.2. The van der Waals surface area contributed by atoms with Gasteiger partial charge in [0.15, 0.2) is 6.61 Å². The molecule has 25 heavy (non-hydrogen) atoms. The van der Waals surface area contributed by atoms with Gasteiger partial charge in [0.25, 0.3) is 5.91 Å². The summed E-state index contributed by atoms with van der Waals surface area (Å²) in [5, 5.41) is 0.795. The van der Waals surface area contributed by atoms with Gasteiger partial charge in [0, 0.05) is 29.3 Å². The number of anilines is 1. The van der Waals surface area contributed by atoms with Crippen molar-refractivity contribution in [2.24, 2.45) is 0 Å². The first-order chi connectivity index (χ1) is 12.2. The molecule has 1 aromatic heterocycles. The molecule has 1 aliphatic rings. The van der Waals surface area contributed by atoms with Crippen LogP contribution in [-0.2, 0) is 16.0 Å². The Hall–Kier alpha value is -3.08. The topological polar surface area (TPSA) is 62.4 Å². The Kier molecular flexibility index (Phi) is 3.98. The van der Waals surface area contributed by atoms with E-state index < -0.39 is 5.97 Å². The smallest absolute Gasteiger partial charge is 0.340 e. The summed E-state index contributed by atoms with van der Waals surface area (Å²) in [5.41, 5.74) is 3.39. The summed E-state index contributed by atoms with van der Waals surface area (Å²) in [6.45, 7) is 0.396. The summed E-state index contributed by atoms with van der Waals surface area (Å²) in [6.07, 6.45) is 3.50. The third-order valence-corrected chi connectivity index (χ3v) is 4.55. The number of aromatic amines is 1. The summed E-state index contributed by atoms with van der Waals surface area (Å²) in [7, 11) is 0. The third kappa shape index (κ3) is 2.89. The van der Waals surface area contributed by atoms with Gasteiger partial charge >= 0.3 is 5.97 Å². The number of carbonyl (C=O) groups excluding carboxylic acids is 2. The van der Waals surface area contributed by atoms with E-state index in [1.165, 1.54) is 0 Å². The average molecular weight is 334 g/mol. The van der Waals surface area contributed by atoms with Crippen molar-refractivity contribution in [2.75, 3.05) is 18.1 Å². The predicted octanol–water partition coefficient (Wildman–Crippen LogP) is 3.30. The molecule has 126 valence electrons. The molecule has 0 radical (unpaired) electrons. The van der Waals surface area contributed by atoms with Gasteiger partial charge in [0.2, 0.25) is 0 Å². The molecule has 1 amide bonds. The van der Waals surface area contributed by atoms with Crippen LogP contribution in [0.1, 0.15) is 22.3 Å². The second kappa shape index (κ2) is 6.43. The largest absolute Gasteiger partial charge is 0.452 e. The fourth-order valence-corrected chi connectivity index (χ4v) is 3.32. The van der Waals surface area contributed by atoms with Gasteiger partial charge in [0.05, 0.1) is 5.56 Å². The zero-order valence-electron chi connectivity index (χ0n) is 13.7. The zero-order valence-corrected chi connectivity index (χ0v) is 13.7. The number of H-pyrrole nitrogens is 1. The molecule has 0 spiro atoms. The Morgan fingerprint density at radius 2 is 1.88 bits per heavy atom. The van der Waals surface area contributed by atoms with E-state index in [0.717, 1.165) is 35.0 Å². The van der Waals surface area contributed by atoms with Crippen molar-refractivity contribution in [3.05, 3.63) is 65.9 Å². The van der Waals surface area contributed by atoms with E-state index >= 15 is 0 Å². The maximum atomic E-state index is 12.5. The third-order valence-electron chi connectivity index (χ3n) is 4.55. The lowest BCUT2D eigenvalue weighted by molar-refractivity contribution is -0.121. The van der Waals surface area contributed by atoms with Crippen molar-refractivity contribution in [2.45, 2.75) is 12.8 Å². The van der Waals surface area contributed by atoms with Gasteiger partial charge in [-0.15, -0.1) is 0 Å². The Balaban J connectivity index is 1.47. The van der Waals surface area contributed by atoms with Crippen LogP contribution >= 0.6 is 0 Å². The Bertz CT molecular complexity index is 945. The van der Waals surface area contributed by atoms with E-state index in [0.29, 0.717) is 12.1 Å². The minimum atomic E-state index is -0.490. The van der Waals surface area contributed by atoms with Crippen molar-refractivity contribution in [3.8, 4) is 0 Å². The molecular weight excluding hydrogens is 316 g/mol. The fourth-order valence-electron chi connectivity index (χ4n) is 3.32. The van der Waals surface area contributed by atoms with Crippen LogP contribution < -0.4 is 4.90 Å². The second-order valence-electron chi connectivity index (χ2n) is 6.10. The van der Waals surface area contributed by atoms with Crippen LogP contribution in [0.4, 0.5) is 5.69 Å². The lowest BCUT2D eigenvalue weighted by Gasteiger charge is -2.29. The van der Waals surface area contributed by atoms with Crippen molar-refractivity contribution in [1.29, 1.82) is 0 Å². The number of ether oxygens (including phenoxy) is 1. The maximum Gasteiger partial charge on any atom is 0.340 e. The first-order valence-electron chi connectivity index (χ1n) is 8.35. The number of nitrogens with zero attached hydrogens (tertiary/aromatic N) is 1. The number of hydrogen-bond donors (Lipinski definition) is 1. The number of para-hydroxylation sites is 2. The minimum absolute atomic E-state index is 0.194. The van der Waals surface area contributed by atoms with Crippen molar-refractivity contribution in [3.63, 3.8) is 0 Å². The molecule has 5 nitrogen and oxygen atoms in total. The second-order valence-corrected chi connectivity index (χ2v) is 6.10. The molecule has 3 aromatic rings. The van der Waals surface area contributed by atoms with Gasteiger partial charge in [-0.1, -0.05) is 36.4 Å². The van der Waals surface area contributed by atoms with E-state index in [1.54, 1.807) is 11.1 Å². The maximum absolute atomic E-state index is 12.5. The lowest BCUT2D eigenvalue weighted by atomic mass is 10.0. The molecule has 1 N–H and O–H groups in total. The molecular formula is C20H18N2O3. The standard InChI is InChI=1S/C20H18N2O3/c23-19(22-11-5-7-14-6-1-4-10-18(14)22)13-25-20(24)16-12-21-17-9-3-2-8-15(16)17/h1-4,6,8-10,12,21H,5,7,11,13H2. The van der Waals surface area contributed by atoms with Gasteiger partial charge in [-0.2, -0.15) is 0 Å². The average Bonchev–Trinajstić information content (AvgIpc) is 3.09. The van der Waals surface area contributed by atoms with Gasteiger partial charge in [-0.05, 0) is 30.5 Å². The van der Waals surface area contributed by atoms with Crippen molar-refractivity contribution >= 4 is 28.5 Å². The number of aryl methyl sites for hydroxylation is 1. The summed E-state index contributed by atoms with van der Waals surface area (Å²) >= 11 is 0. The number of aromatic nitrogens is 1. The highest BCUT2D eigenvalue weighted by atomic mass is 16.5. The number of esters is 1. The van der Waals surface area contributed by atoms with Gasteiger partial charge in [-0.3, -0.25) is 4.79 Å². The van der Waals surface area contributed by atoms with Crippen LogP contribution in [0.5, 0.6) is 0 Å². The van der Waals surface area contributed by atoms with Crippen molar-refractivity contribution in [1.82, 2.24) is 4.98 Å². The molecule has 2 aromatic carbocycles. The lowest BCUT2D eigenvalue weighted by Crippen LogP contribution is -2.38. The molecule has 0 unspecified atom stereocenters. The van der Waals surface area contributed by atoms with Crippen molar-refractivity contribution < 1.29 is 14.3 Å². The van der Waals surface area contributed by atoms with Crippen LogP contribution in [0.3, 0.4) is 0 Å². The first-order valence-corrected chi connectivity index (χ1v) is 8.35. The highest BCUT2D eigenvalue weighted by molar-refractivity contribution is 6.05. The quantitative estimate of drug-likeness (QED) is 0.748. The molecule has 0 saturated carbocycles. The highest BCUT2D eigenvalue weighted by Gasteiger charge is 2.23. The van der Waals surface area contributed by atoms with Crippen LogP contribution in [0.25, 0.3) is 10.9 Å². The summed E-state index contributed by atoms with van der Waals surface area (Å²) in [4.78, 5) is 29.6. The van der Waals surface area contributed by atoms with E-state index in [4.69, 9.17) is 4.74 Å². The number of amides is 1. The molecule has 0 fully saturated rings. The van der Waals surface area contributed by atoms with E-state index in [1.807, 2.05) is 48.5 Å². The van der Waals surface area contributed by atoms with Gasteiger partial charge in [0.1, 0.15) is 0 Å². The van der Waals surface area contributed by atoms with Gasteiger partial charge in [-0.25, -0.2) is 4.79 Å². The molecule has 2 heterocycles. The SMILES string of the molecule is O=C(OCC(=O)N1CCCc2ccccc21)c1c[nH]c2ccccc12. The molecule has 0 bridgehead atoms. The summed E-state index contributed by atoms with van der Waals surface area (Å²) in [5.74, 6) is -0.684. The predicted molar refractivity (Wildman–Crippen MR) is 95.7 cm³/mol. The molecule has 1 aliphatic heterocycles. The number of benzene rings is 2. The van der Waals surface area contributed by atoms with E-state index in [-0.39, 0.29) is 12.5 Å². The number of nitrogens with one attached hydrogen (secondary N) is 1. The van der Waals surface area contributed by atoms with E-state index in [2.05, 4.69) is 4.98 Å². The molecule has 0 atom stereocenters.